The van der Waals surface area contributed by atoms with Crippen LogP contribution in [-0.4, -0.2) is 40.1 Å². The van der Waals surface area contributed by atoms with E-state index in [0.717, 1.165) is 32.5 Å². The largest absolute Gasteiger partial charge is 0.299 e. The monoisotopic (exact) mass is 323 g/mol. The third-order valence-electron chi connectivity index (χ3n) is 4.14. The molecule has 1 amide bonds. The Labute approximate surface area is 141 Å². The van der Waals surface area contributed by atoms with Crippen molar-refractivity contribution in [3.05, 3.63) is 60.2 Å². The molecule has 3 rings (SSSR count). The molecule has 2 aromatic rings. The number of aromatic nitrogens is 2. The Kier molecular flexibility index (Phi) is 5.63. The molecule has 0 aromatic carbocycles. The van der Waals surface area contributed by atoms with Crippen molar-refractivity contribution in [3.8, 4) is 0 Å². The summed E-state index contributed by atoms with van der Waals surface area (Å²) in [5.41, 5.74) is 4.21. The van der Waals surface area contributed by atoms with E-state index in [1.54, 1.807) is 24.4 Å². The molecule has 0 saturated carbocycles. The molecule has 2 aromatic heterocycles. The lowest BCUT2D eigenvalue weighted by molar-refractivity contribution is 0.0949. The number of rotatable bonds is 5. The van der Waals surface area contributed by atoms with Gasteiger partial charge in [-0.1, -0.05) is 6.07 Å². The van der Waals surface area contributed by atoms with Crippen molar-refractivity contribution in [2.75, 3.05) is 13.1 Å². The number of nitrogens with zero attached hydrogens (tertiary/aromatic N) is 4. The Balaban J connectivity index is 1.41. The third-order valence-corrected chi connectivity index (χ3v) is 4.14. The summed E-state index contributed by atoms with van der Waals surface area (Å²) in [5, 5.41) is 4.09. The lowest BCUT2D eigenvalue weighted by Crippen LogP contribution is -2.34. The van der Waals surface area contributed by atoms with E-state index in [1.165, 1.54) is 5.56 Å². The van der Waals surface area contributed by atoms with E-state index in [9.17, 15) is 4.79 Å². The zero-order valence-electron chi connectivity index (χ0n) is 13.5. The average molecular weight is 323 g/mol. The summed E-state index contributed by atoms with van der Waals surface area (Å²) in [6, 6.07) is 9.34. The molecule has 1 fully saturated rings. The molecule has 0 aliphatic carbocycles. The first-order valence-electron chi connectivity index (χ1n) is 8.17. The number of amides is 1. The summed E-state index contributed by atoms with van der Waals surface area (Å²) < 4.78 is 0. The van der Waals surface area contributed by atoms with Gasteiger partial charge in [0.2, 0.25) is 0 Å². The summed E-state index contributed by atoms with van der Waals surface area (Å²) in [6.45, 7) is 3.03. The molecule has 24 heavy (non-hydrogen) atoms. The molecule has 3 heterocycles. The number of carbonyl (C=O) groups is 1. The molecule has 0 bridgehead atoms. The summed E-state index contributed by atoms with van der Waals surface area (Å²) in [4.78, 5) is 22.3. The van der Waals surface area contributed by atoms with Gasteiger partial charge >= 0.3 is 0 Å². The van der Waals surface area contributed by atoms with Gasteiger partial charge in [-0.3, -0.25) is 19.7 Å². The average Bonchev–Trinajstić information content (AvgIpc) is 2.65. The fourth-order valence-corrected chi connectivity index (χ4v) is 2.76. The first kappa shape index (κ1) is 16.3. The van der Waals surface area contributed by atoms with E-state index in [4.69, 9.17) is 0 Å². The van der Waals surface area contributed by atoms with Gasteiger partial charge in [-0.25, -0.2) is 5.43 Å². The highest BCUT2D eigenvalue weighted by atomic mass is 16.2. The number of carbonyl (C=O) groups excluding carboxylic acids is 1. The van der Waals surface area contributed by atoms with Crippen molar-refractivity contribution in [1.82, 2.24) is 20.3 Å². The zero-order valence-corrected chi connectivity index (χ0v) is 13.5. The summed E-state index contributed by atoms with van der Waals surface area (Å²) in [7, 11) is 0. The Morgan fingerprint density at radius 1 is 1.21 bits per heavy atom. The molecule has 1 N–H and O–H groups in total. The van der Waals surface area contributed by atoms with Crippen molar-refractivity contribution in [3.63, 3.8) is 0 Å². The summed E-state index contributed by atoms with van der Waals surface area (Å²) >= 11 is 0. The predicted octanol–water partition coefficient (Wildman–Crippen LogP) is 2.10. The highest BCUT2D eigenvalue weighted by Gasteiger charge is 2.18. The van der Waals surface area contributed by atoms with Crippen LogP contribution in [0.2, 0.25) is 0 Å². The summed E-state index contributed by atoms with van der Waals surface area (Å²) in [6.07, 6.45) is 9.21. The standard InChI is InChI=1S/C18H21N5O/c24-18(17-3-1-2-8-20-17)22-21-13-15-6-11-23(12-7-15)14-16-4-9-19-10-5-16/h1-5,8-10,13,15H,6-7,11-12,14H2,(H,22,24)/b21-13+. The van der Waals surface area contributed by atoms with Crippen LogP contribution in [-0.2, 0) is 6.54 Å². The van der Waals surface area contributed by atoms with Crippen molar-refractivity contribution in [2.45, 2.75) is 19.4 Å². The number of hydrazone groups is 1. The van der Waals surface area contributed by atoms with Gasteiger partial charge in [0.1, 0.15) is 5.69 Å². The number of piperidine rings is 1. The highest BCUT2D eigenvalue weighted by molar-refractivity contribution is 5.92. The maximum atomic E-state index is 11.8. The van der Waals surface area contributed by atoms with Crippen LogP contribution >= 0.6 is 0 Å². The Bertz CT molecular complexity index is 666. The van der Waals surface area contributed by atoms with Crippen LogP contribution in [0.5, 0.6) is 0 Å². The molecule has 0 atom stereocenters. The maximum Gasteiger partial charge on any atom is 0.289 e. The van der Waals surface area contributed by atoms with Gasteiger partial charge in [0.25, 0.3) is 5.91 Å². The molecule has 6 nitrogen and oxygen atoms in total. The van der Waals surface area contributed by atoms with Crippen LogP contribution in [0.15, 0.2) is 54.0 Å². The molecule has 6 heteroatoms. The molecule has 0 radical (unpaired) electrons. The van der Waals surface area contributed by atoms with Crippen LogP contribution in [0.25, 0.3) is 0 Å². The van der Waals surface area contributed by atoms with Gasteiger partial charge in [0, 0.05) is 31.3 Å². The van der Waals surface area contributed by atoms with Crippen LogP contribution < -0.4 is 5.43 Å². The van der Waals surface area contributed by atoms with Crippen LogP contribution in [0.4, 0.5) is 0 Å². The van der Waals surface area contributed by atoms with Gasteiger partial charge in [-0.15, -0.1) is 0 Å². The molecule has 1 aliphatic heterocycles. The van der Waals surface area contributed by atoms with E-state index in [0.29, 0.717) is 11.6 Å². The van der Waals surface area contributed by atoms with E-state index >= 15 is 0 Å². The fraction of sp³-hybridized carbons (Fsp3) is 0.333. The van der Waals surface area contributed by atoms with Crippen LogP contribution in [0, 0.1) is 5.92 Å². The normalized spacial score (nSPS) is 16.3. The lowest BCUT2D eigenvalue weighted by atomic mass is 9.98. The van der Waals surface area contributed by atoms with Crippen LogP contribution in [0.3, 0.4) is 0 Å². The van der Waals surface area contributed by atoms with Crippen molar-refractivity contribution in [1.29, 1.82) is 0 Å². The second kappa shape index (κ2) is 8.31. The molecule has 124 valence electrons. The second-order valence-electron chi connectivity index (χ2n) is 5.90. The first-order chi connectivity index (χ1) is 11.8. The predicted molar refractivity (Wildman–Crippen MR) is 92.4 cm³/mol. The van der Waals surface area contributed by atoms with Crippen molar-refractivity contribution < 1.29 is 4.79 Å². The van der Waals surface area contributed by atoms with Gasteiger partial charge in [0.05, 0.1) is 0 Å². The quantitative estimate of drug-likeness (QED) is 0.676. The zero-order chi connectivity index (χ0) is 16.6. The van der Waals surface area contributed by atoms with Gasteiger partial charge < -0.3 is 0 Å². The molecular weight excluding hydrogens is 302 g/mol. The number of pyridine rings is 2. The fourth-order valence-electron chi connectivity index (χ4n) is 2.76. The molecule has 0 spiro atoms. The van der Waals surface area contributed by atoms with E-state index in [1.807, 2.05) is 18.6 Å². The van der Waals surface area contributed by atoms with Gasteiger partial charge in [-0.05, 0) is 61.7 Å². The first-order valence-corrected chi connectivity index (χ1v) is 8.17. The second-order valence-corrected chi connectivity index (χ2v) is 5.90. The van der Waals surface area contributed by atoms with E-state index in [-0.39, 0.29) is 5.91 Å². The number of hydrogen-bond donors (Lipinski definition) is 1. The minimum absolute atomic E-state index is 0.276. The molecule has 1 saturated heterocycles. The minimum atomic E-state index is -0.276. The summed E-state index contributed by atoms with van der Waals surface area (Å²) in [5.74, 6) is 0.129. The van der Waals surface area contributed by atoms with E-state index in [2.05, 4.69) is 37.5 Å². The molecule has 0 unspecified atom stereocenters. The highest BCUT2D eigenvalue weighted by Crippen LogP contribution is 2.17. The Morgan fingerprint density at radius 3 is 2.71 bits per heavy atom. The van der Waals surface area contributed by atoms with Gasteiger partial charge in [-0.2, -0.15) is 5.10 Å². The molecule has 1 aliphatic rings. The topological polar surface area (TPSA) is 70.5 Å². The minimum Gasteiger partial charge on any atom is -0.299 e. The maximum absolute atomic E-state index is 11.8. The van der Waals surface area contributed by atoms with Crippen molar-refractivity contribution in [2.24, 2.45) is 11.0 Å². The van der Waals surface area contributed by atoms with E-state index < -0.39 is 0 Å². The molecular formula is C18H21N5O. The van der Waals surface area contributed by atoms with Gasteiger partial charge in [0.15, 0.2) is 0 Å². The number of likely N-dealkylation sites (tertiary alicyclic amines) is 1. The van der Waals surface area contributed by atoms with Crippen molar-refractivity contribution >= 4 is 12.1 Å². The Hall–Kier alpha value is -2.60. The van der Waals surface area contributed by atoms with Crippen LogP contribution in [0.1, 0.15) is 28.9 Å². The SMILES string of the molecule is O=C(N/N=C/C1CCN(Cc2ccncc2)CC1)c1ccccn1. The number of hydrogen-bond acceptors (Lipinski definition) is 5. The third kappa shape index (κ3) is 4.70. The number of nitrogens with one attached hydrogen (secondary N) is 1. The lowest BCUT2D eigenvalue weighted by Gasteiger charge is -2.30. The smallest absolute Gasteiger partial charge is 0.289 e. The Morgan fingerprint density at radius 2 is 2.00 bits per heavy atom.